The number of hydrogen-bond donors (Lipinski definition) is 2. The van der Waals surface area contributed by atoms with Crippen LogP contribution < -0.4 is 11.1 Å². The molecule has 0 spiro atoms. The van der Waals surface area contributed by atoms with Crippen LogP contribution in [-0.2, 0) is 20.8 Å². The molecule has 0 aliphatic carbocycles. The molecule has 3 N–H and O–H groups in total. The molecule has 29 heavy (non-hydrogen) atoms. The molecule has 1 aromatic rings. The highest BCUT2D eigenvalue weighted by molar-refractivity contribution is 5.97. The van der Waals surface area contributed by atoms with Gasteiger partial charge in [-0.1, -0.05) is 37.3 Å². The summed E-state index contributed by atoms with van der Waals surface area (Å²) in [6.07, 6.45) is 2.00. The Kier molecular flexibility index (Phi) is 11.2. The van der Waals surface area contributed by atoms with Crippen molar-refractivity contribution in [2.24, 2.45) is 11.7 Å². The Labute approximate surface area is 174 Å². The average molecular weight is 405 g/mol. The van der Waals surface area contributed by atoms with Gasteiger partial charge in [0, 0.05) is 44.9 Å². The van der Waals surface area contributed by atoms with E-state index in [2.05, 4.69) is 5.32 Å². The molecule has 1 rings (SSSR count). The van der Waals surface area contributed by atoms with E-state index in [9.17, 15) is 14.4 Å². The lowest BCUT2D eigenvalue weighted by atomic mass is 9.94. The van der Waals surface area contributed by atoms with Crippen molar-refractivity contribution in [2.45, 2.75) is 45.1 Å². The number of nitrogens with two attached hydrogens (primary N) is 1. The molecule has 2 atom stereocenters. The summed E-state index contributed by atoms with van der Waals surface area (Å²) in [6, 6.07) is 9.54. The Morgan fingerprint density at radius 3 is 2.28 bits per heavy atom. The van der Waals surface area contributed by atoms with E-state index in [-0.39, 0.29) is 30.7 Å². The van der Waals surface area contributed by atoms with E-state index in [4.69, 9.17) is 5.73 Å². The predicted molar refractivity (Wildman–Crippen MR) is 115 cm³/mol. The quantitative estimate of drug-likeness (QED) is 0.549. The van der Waals surface area contributed by atoms with Crippen LogP contribution in [0.2, 0.25) is 0 Å². The van der Waals surface area contributed by atoms with Crippen LogP contribution in [-0.4, -0.2) is 67.8 Å². The van der Waals surface area contributed by atoms with Crippen LogP contribution >= 0.6 is 0 Å². The Morgan fingerprint density at radius 2 is 1.69 bits per heavy atom. The van der Waals surface area contributed by atoms with Crippen LogP contribution in [0.3, 0.4) is 0 Å². The molecule has 0 fully saturated rings. The number of carbonyl (C=O) groups excluding carboxylic acids is 3. The summed E-state index contributed by atoms with van der Waals surface area (Å²) in [5.74, 6) is -1.45. The fraction of sp³-hybridized carbons (Fsp3) is 0.591. The minimum atomic E-state index is -0.564. The fourth-order valence-electron chi connectivity index (χ4n) is 2.83. The number of carbonyl (C=O) groups is 3. The first-order chi connectivity index (χ1) is 13.7. The maximum atomic E-state index is 12.7. The number of aryl methyl sites for hydroxylation is 1. The van der Waals surface area contributed by atoms with E-state index in [1.54, 1.807) is 11.9 Å². The van der Waals surface area contributed by atoms with Crippen molar-refractivity contribution in [3.63, 3.8) is 0 Å². The number of nitrogens with zero attached hydrogens (tertiary/aromatic N) is 2. The molecule has 1 aromatic carbocycles. The molecular formula is C22H36N4O3. The number of likely N-dealkylation sites (N-methyl/N-ethyl adjacent to an activating group) is 2. The van der Waals surface area contributed by atoms with E-state index >= 15 is 0 Å². The van der Waals surface area contributed by atoms with Gasteiger partial charge in [0.25, 0.3) is 0 Å². The topological polar surface area (TPSA) is 95.7 Å². The van der Waals surface area contributed by atoms with Gasteiger partial charge in [-0.2, -0.15) is 0 Å². The maximum absolute atomic E-state index is 12.7. The van der Waals surface area contributed by atoms with Crippen LogP contribution in [0.1, 0.15) is 38.2 Å². The van der Waals surface area contributed by atoms with Crippen LogP contribution in [0.15, 0.2) is 30.3 Å². The standard InChI is InChI=1S/C22H36N4O3/c1-5-19(23)16-20(27)24-22(29)18(12-11-17-9-7-6-8-10-17)15-21(28)26(4)14-13-25(2)3/h6-10,18-19H,5,11-16,23H2,1-4H3,(H,24,27,29)/t18-,19-/m1/s1. The Hall–Kier alpha value is -2.25. The molecule has 7 nitrogen and oxygen atoms in total. The van der Waals surface area contributed by atoms with Crippen molar-refractivity contribution < 1.29 is 14.4 Å². The number of nitrogens with one attached hydrogen (secondary N) is 1. The molecule has 0 unspecified atom stereocenters. The van der Waals surface area contributed by atoms with Crippen LogP contribution in [0.25, 0.3) is 0 Å². The molecule has 3 amide bonds. The SMILES string of the molecule is CC[C@@H](N)CC(=O)NC(=O)[C@H](CCc1ccccc1)CC(=O)N(C)CCN(C)C. The van der Waals surface area contributed by atoms with Crippen LogP contribution in [0, 0.1) is 5.92 Å². The molecule has 0 radical (unpaired) electrons. The normalized spacial score (nSPS) is 13.0. The highest BCUT2D eigenvalue weighted by Gasteiger charge is 2.25. The average Bonchev–Trinajstić information content (AvgIpc) is 2.69. The van der Waals surface area contributed by atoms with Gasteiger partial charge in [0.1, 0.15) is 0 Å². The first kappa shape index (κ1) is 24.8. The third-order valence-corrected chi connectivity index (χ3v) is 4.96. The lowest BCUT2D eigenvalue weighted by Crippen LogP contribution is -2.41. The van der Waals surface area contributed by atoms with E-state index in [0.717, 1.165) is 12.1 Å². The van der Waals surface area contributed by atoms with Crippen molar-refractivity contribution in [3.8, 4) is 0 Å². The van der Waals surface area contributed by atoms with Crippen molar-refractivity contribution in [1.82, 2.24) is 15.1 Å². The van der Waals surface area contributed by atoms with E-state index in [1.807, 2.05) is 56.3 Å². The largest absolute Gasteiger partial charge is 0.344 e. The number of imide groups is 1. The second-order valence-electron chi connectivity index (χ2n) is 7.83. The molecule has 0 saturated carbocycles. The zero-order valence-electron chi connectivity index (χ0n) is 18.2. The number of benzene rings is 1. The second-order valence-corrected chi connectivity index (χ2v) is 7.83. The number of rotatable bonds is 12. The van der Waals surface area contributed by atoms with Crippen molar-refractivity contribution in [2.75, 3.05) is 34.2 Å². The third kappa shape index (κ3) is 10.2. The summed E-state index contributed by atoms with van der Waals surface area (Å²) in [5, 5.41) is 2.44. The molecule has 0 saturated heterocycles. The van der Waals surface area contributed by atoms with E-state index < -0.39 is 11.8 Å². The van der Waals surface area contributed by atoms with E-state index in [0.29, 0.717) is 25.8 Å². The Morgan fingerprint density at radius 1 is 1.03 bits per heavy atom. The highest BCUT2D eigenvalue weighted by atomic mass is 16.2. The molecule has 162 valence electrons. The zero-order valence-corrected chi connectivity index (χ0v) is 18.2. The molecule has 0 aromatic heterocycles. The van der Waals surface area contributed by atoms with Crippen molar-refractivity contribution in [1.29, 1.82) is 0 Å². The predicted octanol–water partition coefficient (Wildman–Crippen LogP) is 1.42. The van der Waals surface area contributed by atoms with Gasteiger partial charge in [-0.3, -0.25) is 19.7 Å². The summed E-state index contributed by atoms with van der Waals surface area (Å²) in [5.41, 5.74) is 6.90. The fourth-order valence-corrected chi connectivity index (χ4v) is 2.83. The molecule has 7 heteroatoms. The van der Waals surface area contributed by atoms with Crippen LogP contribution in [0.4, 0.5) is 0 Å². The summed E-state index contributed by atoms with van der Waals surface area (Å²) in [6.45, 7) is 3.23. The summed E-state index contributed by atoms with van der Waals surface area (Å²) in [4.78, 5) is 41.1. The van der Waals surface area contributed by atoms with Gasteiger partial charge in [-0.05, 0) is 38.9 Å². The summed E-state index contributed by atoms with van der Waals surface area (Å²) < 4.78 is 0. The first-order valence-electron chi connectivity index (χ1n) is 10.2. The second kappa shape index (κ2) is 13.1. The summed E-state index contributed by atoms with van der Waals surface area (Å²) in [7, 11) is 5.63. The van der Waals surface area contributed by atoms with Crippen LogP contribution in [0.5, 0.6) is 0 Å². The van der Waals surface area contributed by atoms with Crippen molar-refractivity contribution in [3.05, 3.63) is 35.9 Å². The minimum absolute atomic E-state index is 0.0791. The molecule has 0 aliphatic heterocycles. The van der Waals surface area contributed by atoms with Gasteiger partial charge >= 0.3 is 0 Å². The number of hydrogen-bond acceptors (Lipinski definition) is 5. The van der Waals surface area contributed by atoms with E-state index in [1.165, 1.54) is 0 Å². The van der Waals surface area contributed by atoms with Gasteiger partial charge in [0.15, 0.2) is 0 Å². The first-order valence-corrected chi connectivity index (χ1v) is 10.2. The monoisotopic (exact) mass is 404 g/mol. The molecular weight excluding hydrogens is 368 g/mol. The Balaban J connectivity index is 2.74. The smallest absolute Gasteiger partial charge is 0.230 e. The molecule has 0 bridgehead atoms. The van der Waals surface area contributed by atoms with Gasteiger partial charge in [-0.15, -0.1) is 0 Å². The lowest BCUT2D eigenvalue weighted by molar-refractivity contribution is -0.138. The van der Waals surface area contributed by atoms with Crippen molar-refractivity contribution >= 4 is 17.7 Å². The highest BCUT2D eigenvalue weighted by Crippen LogP contribution is 2.15. The van der Waals surface area contributed by atoms with Gasteiger partial charge in [0.2, 0.25) is 17.7 Å². The zero-order chi connectivity index (χ0) is 21.8. The molecule has 0 aliphatic rings. The Bertz CT molecular complexity index is 649. The number of amides is 3. The van der Waals surface area contributed by atoms with Gasteiger partial charge in [-0.25, -0.2) is 0 Å². The van der Waals surface area contributed by atoms with Gasteiger partial charge in [0.05, 0.1) is 0 Å². The molecule has 0 heterocycles. The summed E-state index contributed by atoms with van der Waals surface area (Å²) >= 11 is 0. The van der Waals surface area contributed by atoms with Gasteiger partial charge < -0.3 is 15.5 Å². The lowest BCUT2D eigenvalue weighted by Gasteiger charge is -2.23. The minimum Gasteiger partial charge on any atom is -0.344 e. The third-order valence-electron chi connectivity index (χ3n) is 4.96. The maximum Gasteiger partial charge on any atom is 0.230 e.